The second-order valence-corrected chi connectivity index (χ2v) is 6.83. The summed E-state index contributed by atoms with van der Waals surface area (Å²) in [5, 5.41) is 3.07. The lowest BCUT2D eigenvalue weighted by Crippen LogP contribution is -2.36. The second-order valence-electron chi connectivity index (χ2n) is 6.83. The van der Waals surface area contributed by atoms with Gasteiger partial charge in [-0.1, -0.05) is 30.7 Å². The molecule has 0 spiro atoms. The molecular weight excluding hydrogens is 288 g/mol. The zero-order chi connectivity index (χ0) is 16.1. The van der Waals surface area contributed by atoms with E-state index in [4.69, 9.17) is 4.74 Å². The molecule has 2 aliphatic rings. The summed E-state index contributed by atoms with van der Waals surface area (Å²) in [5.41, 5.74) is 2.30. The molecule has 1 aliphatic carbocycles. The highest BCUT2D eigenvalue weighted by Crippen LogP contribution is 2.37. The van der Waals surface area contributed by atoms with Gasteiger partial charge < -0.3 is 10.1 Å². The summed E-state index contributed by atoms with van der Waals surface area (Å²) in [6.07, 6.45) is 4.09. The van der Waals surface area contributed by atoms with Crippen molar-refractivity contribution in [1.29, 1.82) is 0 Å². The number of ether oxygens (including phenoxy) is 1. The molecule has 2 fully saturated rings. The molecule has 1 amide bonds. The molecule has 1 saturated carbocycles. The maximum Gasteiger partial charge on any atom is 0.234 e. The van der Waals surface area contributed by atoms with Crippen LogP contribution in [0.5, 0.6) is 0 Å². The van der Waals surface area contributed by atoms with Crippen molar-refractivity contribution < 1.29 is 9.53 Å². The summed E-state index contributed by atoms with van der Waals surface area (Å²) in [6, 6.07) is 8.16. The van der Waals surface area contributed by atoms with E-state index in [1.54, 1.807) is 0 Å². The molecule has 126 valence electrons. The molecule has 1 N–H and O–H groups in total. The summed E-state index contributed by atoms with van der Waals surface area (Å²) in [4.78, 5) is 14.6. The van der Waals surface area contributed by atoms with Gasteiger partial charge in [-0.05, 0) is 42.7 Å². The number of hydrogen-bond acceptors (Lipinski definition) is 3. The summed E-state index contributed by atoms with van der Waals surface area (Å²) >= 11 is 0. The van der Waals surface area contributed by atoms with Crippen LogP contribution in [0.4, 0.5) is 0 Å². The molecule has 1 aliphatic heterocycles. The first-order valence-corrected chi connectivity index (χ1v) is 8.90. The molecule has 3 rings (SSSR count). The minimum atomic E-state index is 0.135. The Morgan fingerprint density at radius 1 is 1.22 bits per heavy atom. The predicted molar refractivity (Wildman–Crippen MR) is 90.9 cm³/mol. The van der Waals surface area contributed by atoms with E-state index in [1.807, 2.05) is 19.1 Å². The molecule has 4 nitrogen and oxygen atoms in total. The molecule has 2 atom stereocenters. The number of hydrogen-bond donors (Lipinski definition) is 1. The number of likely N-dealkylation sites (tertiary alicyclic amines) is 1. The van der Waals surface area contributed by atoms with Crippen LogP contribution in [0.3, 0.4) is 0 Å². The number of fused-ring (bicyclic) bond motifs is 1. The largest absolute Gasteiger partial charge is 0.377 e. The van der Waals surface area contributed by atoms with Crippen LogP contribution in [0.15, 0.2) is 24.3 Å². The number of nitrogens with zero attached hydrogens (tertiary/aromatic N) is 1. The van der Waals surface area contributed by atoms with Gasteiger partial charge in [0.25, 0.3) is 0 Å². The van der Waals surface area contributed by atoms with Gasteiger partial charge in [-0.25, -0.2) is 0 Å². The van der Waals surface area contributed by atoms with Crippen molar-refractivity contribution >= 4 is 5.91 Å². The Labute approximate surface area is 139 Å². The van der Waals surface area contributed by atoms with Crippen LogP contribution < -0.4 is 5.32 Å². The highest BCUT2D eigenvalue weighted by Gasteiger charge is 2.36. The lowest BCUT2D eigenvalue weighted by molar-refractivity contribution is -0.122. The van der Waals surface area contributed by atoms with Crippen LogP contribution in [0.2, 0.25) is 0 Å². The average Bonchev–Trinajstić information content (AvgIpc) is 3.13. The summed E-state index contributed by atoms with van der Waals surface area (Å²) in [5.74, 6) is 1.82. The van der Waals surface area contributed by atoms with Gasteiger partial charge in [0, 0.05) is 26.2 Å². The standard InChI is InChI=1S/C19H28N2O2/c1-2-23-14-18-7-4-3-6-15(18)10-20-19(22)13-21-11-16-8-5-9-17(16)12-21/h3-4,6-7,16-17H,2,5,8-14H2,1H3,(H,20,22)/t16-,17-/m1/s1. The highest BCUT2D eigenvalue weighted by atomic mass is 16.5. The minimum absolute atomic E-state index is 0.135. The number of carbonyl (C=O) groups is 1. The number of carbonyl (C=O) groups excluding carboxylic acids is 1. The van der Waals surface area contributed by atoms with Crippen molar-refractivity contribution in [2.45, 2.75) is 39.3 Å². The maximum absolute atomic E-state index is 12.2. The molecule has 0 unspecified atom stereocenters. The van der Waals surface area contributed by atoms with Crippen LogP contribution in [0, 0.1) is 11.8 Å². The van der Waals surface area contributed by atoms with Crippen molar-refractivity contribution in [1.82, 2.24) is 10.2 Å². The van der Waals surface area contributed by atoms with Crippen LogP contribution in [-0.4, -0.2) is 37.0 Å². The number of amides is 1. The summed E-state index contributed by atoms with van der Waals surface area (Å²) < 4.78 is 5.50. The van der Waals surface area contributed by atoms with Gasteiger partial charge in [-0.3, -0.25) is 9.69 Å². The molecule has 0 radical (unpaired) electrons. The van der Waals surface area contributed by atoms with Crippen LogP contribution in [-0.2, 0) is 22.7 Å². The van der Waals surface area contributed by atoms with E-state index in [0.29, 0.717) is 26.3 Å². The third kappa shape index (κ3) is 4.33. The van der Waals surface area contributed by atoms with E-state index >= 15 is 0 Å². The second kappa shape index (κ2) is 7.93. The van der Waals surface area contributed by atoms with Crippen LogP contribution >= 0.6 is 0 Å². The first kappa shape index (κ1) is 16.5. The molecule has 23 heavy (non-hydrogen) atoms. The highest BCUT2D eigenvalue weighted by molar-refractivity contribution is 5.78. The van der Waals surface area contributed by atoms with Crippen molar-refractivity contribution in [2.75, 3.05) is 26.2 Å². The van der Waals surface area contributed by atoms with Gasteiger partial charge in [0.1, 0.15) is 0 Å². The zero-order valence-electron chi connectivity index (χ0n) is 14.1. The molecule has 0 bridgehead atoms. The quantitative estimate of drug-likeness (QED) is 0.840. The monoisotopic (exact) mass is 316 g/mol. The Balaban J connectivity index is 1.46. The van der Waals surface area contributed by atoms with Gasteiger partial charge in [0.2, 0.25) is 5.91 Å². The SMILES string of the molecule is CCOCc1ccccc1CNC(=O)CN1C[C@H]2CCC[C@@H]2C1. The molecule has 1 saturated heterocycles. The average molecular weight is 316 g/mol. The van der Waals surface area contributed by atoms with Crippen molar-refractivity contribution in [3.8, 4) is 0 Å². The van der Waals surface area contributed by atoms with Gasteiger partial charge in [-0.15, -0.1) is 0 Å². The van der Waals surface area contributed by atoms with E-state index in [2.05, 4.69) is 22.3 Å². The molecular formula is C19H28N2O2. The third-order valence-corrected chi connectivity index (χ3v) is 5.23. The van der Waals surface area contributed by atoms with E-state index in [-0.39, 0.29) is 5.91 Å². The Bertz CT molecular complexity index is 520. The van der Waals surface area contributed by atoms with Crippen LogP contribution in [0.1, 0.15) is 37.3 Å². The van der Waals surface area contributed by atoms with Gasteiger partial charge in [-0.2, -0.15) is 0 Å². The first-order valence-electron chi connectivity index (χ1n) is 8.90. The lowest BCUT2D eigenvalue weighted by Gasteiger charge is -2.17. The number of nitrogens with one attached hydrogen (secondary N) is 1. The smallest absolute Gasteiger partial charge is 0.234 e. The van der Waals surface area contributed by atoms with Gasteiger partial charge in [0.15, 0.2) is 0 Å². The predicted octanol–water partition coefficient (Wildman–Crippen LogP) is 2.57. The maximum atomic E-state index is 12.2. The Morgan fingerprint density at radius 2 is 1.91 bits per heavy atom. The fourth-order valence-electron chi connectivity index (χ4n) is 4.00. The van der Waals surface area contributed by atoms with E-state index < -0.39 is 0 Å². The van der Waals surface area contributed by atoms with Crippen molar-refractivity contribution in [3.05, 3.63) is 35.4 Å². The van der Waals surface area contributed by atoms with Crippen LogP contribution in [0.25, 0.3) is 0 Å². The van der Waals surface area contributed by atoms with Crippen molar-refractivity contribution in [2.24, 2.45) is 11.8 Å². The van der Waals surface area contributed by atoms with Crippen molar-refractivity contribution in [3.63, 3.8) is 0 Å². The van der Waals surface area contributed by atoms with Gasteiger partial charge >= 0.3 is 0 Å². The minimum Gasteiger partial charge on any atom is -0.377 e. The van der Waals surface area contributed by atoms with E-state index in [1.165, 1.54) is 19.3 Å². The molecule has 0 aromatic heterocycles. The number of rotatable bonds is 7. The molecule has 1 heterocycles. The van der Waals surface area contributed by atoms with Gasteiger partial charge in [0.05, 0.1) is 13.2 Å². The summed E-state index contributed by atoms with van der Waals surface area (Å²) in [7, 11) is 0. The first-order chi connectivity index (χ1) is 11.3. The zero-order valence-corrected chi connectivity index (χ0v) is 14.1. The third-order valence-electron chi connectivity index (χ3n) is 5.23. The number of benzene rings is 1. The van der Waals surface area contributed by atoms with E-state index in [0.717, 1.165) is 36.1 Å². The molecule has 1 aromatic rings. The molecule has 1 aromatic carbocycles. The lowest BCUT2D eigenvalue weighted by atomic mass is 10.0. The Hall–Kier alpha value is -1.39. The normalized spacial score (nSPS) is 23.9. The Kier molecular flexibility index (Phi) is 5.68. The fraction of sp³-hybridized carbons (Fsp3) is 0.632. The van der Waals surface area contributed by atoms with E-state index in [9.17, 15) is 4.79 Å². The fourth-order valence-corrected chi connectivity index (χ4v) is 4.00. The molecule has 4 heteroatoms. The Morgan fingerprint density at radius 3 is 2.61 bits per heavy atom. The summed E-state index contributed by atoms with van der Waals surface area (Å²) in [6.45, 7) is 6.66. The topological polar surface area (TPSA) is 41.6 Å².